The van der Waals surface area contributed by atoms with E-state index in [0.29, 0.717) is 16.9 Å². The fraction of sp³-hybridized carbons (Fsp3) is 0.455. The van der Waals surface area contributed by atoms with Crippen molar-refractivity contribution in [2.24, 2.45) is 5.41 Å². The number of nitrogens with one attached hydrogen (secondary N) is 1. The van der Waals surface area contributed by atoms with Crippen LogP contribution in [-0.4, -0.2) is 56.2 Å². The highest BCUT2D eigenvalue weighted by atomic mass is 32.2. The molecule has 2 aromatic heterocycles. The summed E-state index contributed by atoms with van der Waals surface area (Å²) in [6.07, 6.45) is 7.75. The lowest BCUT2D eigenvalue weighted by atomic mass is 9.52. The summed E-state index contributed by atoms with van der Waals surface area (Å²) >= 11 is 0. The number of aromatic nitrogens is 3. The third-order valence-electron chi connectivity index (χ3n) is 6.96. The van der Waals surface area contributed by atoms with Gasteiger partial charge in [-0.2, -0.15) is 0 Å². The van der Waals surface area contributed by atoms with Crippen molar-refractivity contribution in [3.8, 4) is 0 Å². The molecule has 0 aliphatic heterocycles. The number of rotatable bonds is 6. The average Bonchev–Trinajstić information content (AvgIpc) is 3.13. The fourth-order valence-electron chi connectivity index (χ4n) is 5.31. The third kappa shape index (κ3) is 3.91. The molecule has 2 saturated carbocycles. The van der Waals surface area contributed by atoms with Gasteiger partial charge in [-0.3, -0.25) is 0 Å². The second-order valence-corrected chi connectivity index (χ2v) is 13.1. The first-order valence-electron chi connectivity index (χ1n) is 10.8. The Morgan fingerprint density at radius 3 is 2.33 bits per heavy atom. The van der Waals surface area contributed by atoms with Gasteiger partial charge in [-0.25, -0.2) is 35.5 Å². The van der Waals surface area contributed by atoms with Crippen molar-refractivity contribution >= 4 is 36.9 Å². The molecule has 3 aromatic rings. The molecule has 1 spiro atoms. The minimum absolute atomic E-state index is 0.0259. The Bertz CT molecular complexity index is 1420. The van der Waals surface area contributed by atoms with E-state index in [-0.39, 0.29) is 22.4 Å². The van der Waals surface area contributed by atoms with E-state index in [0.717, 1.165) is 31.2 Å². The molecule has 9 nitrogen and oxygen atoms in total. The molecule has 2 aliphatic carbocycles. The van der Waals surface area contributed by atoms with Gasteiger partial charge >= 0.3 is 0 Å². The molecule has 2 fully saturated rings. The Hall–Kier alpha value is -2.50. The number of anilines is 1. The first kappa shape index (κ1) is 22.3. The zero-order chi connectivity index (χ0) is 23.6. The molecule has 176 valence electrons. The Labute approximate surface area is 193 Å². The summed E-state index contributed by atoms with van der Waals surface area (Å²) < 4.78 is 53.2. The lowest BCUT2D eigenvalue weighted by Crippen LogP contribution is -2.60. The molecule has 1 N–H and O–H groups in total. The van der Waals surface area contributed by atoms with Crippen LogP contribution in [0.25, 0.3) is 11.0 Å². The number of hydrogen-bond donors (Lipinski definition) is 1. The summed E-state index contributed by atoms with van der Waals surface area (Å²) in [6.45, 7) is 1.91. The SMILES string of the molecule is Cc1ccc(S(=O)(=O)n2ccc3c(N(C)C4CC5(CC(NS(C)(=O)=O)C5)C4)ncnc32)cc1. The van der Waals surface area contributed by atoms with Crippen LogP contribution in [0, 0.1) is 12.3 Å². The van der Waals surface area contributed by atoms with Gasteiger partial charge in [-0.15, -0.1) is 0 Å². The minimum atomic E-state index is -3.78. The molecule has 2 aliphatic rings. The standard InChI is InChI=1S/C22H27N5O4S2/c1-15-4-6-18(7-5-15)33(30,31)27-9-8-19-20(23-14-24-21(19)27)26(2)17-12-22(13-17)10-16(11-22)25-32(3,28)29/h4-9,14,16-17,25H,10-13H2,1-3H3. The molecule has 0 unspecified atom stereocenters. The van der Waals surface area contributed by atoms with E-state index in [9.17, 15) is 16.8 Å². The maximum atomic E-state index is 13.2. The maximum Gasteiger partial charge on any atom is 0.269 e. The zero-order valence-corrected chi connectivity index (χ0v) is 20.4. The Kier molecular flexibility index (Phi) is 5.07. The zero-order valence-electron chi connectivity index (χ0n) is 18.8. The Morgan fingerprint density at radius 1 is 1.03 bits per heavy atom. The van der Waals surface area contributed by atoms with Crippen molar-refractivity contribution in [3.63, 3.8) is 0 Å². The van der Waals surface area contributed by atoms with Crippen LogP contribution in [-0.2, 0) is 20.0 Å². The third-order valence-corrected chi connectivity index (χ3v) is 9.41. The Morgan fingerprint density at radius 2 is 1.70 bits per heavy atom. The van der Waals surface area contributed by atoms with Gasteiger partial charge in [0, 0.05) is 25.3 Å². The highest BCUT2D eigenvalue weighted by Gasteiger charge is 2.54. The summed E-state index contributed by atoms with van der Waals surface area (Å²) in [5.41, 5.74) is 1.52. The van der Waals surface area contributed by atoms with E-state index >= 15 is 0 Å². The molecule has 33 heavy (non-hydrogen) atoms. The molecular formula is C22H27N5O4S2. The van der Waals surface area contributed by atoms with E-state index in [2.05, 4.69) is 19.6 Å². The van der Waals surface area contributed by atoms with Gasteiger partial charge in [0.25, 0.3) is 10.0 Å². The van der Waals surface area contributed by atoms with Crippen LogP contribution in [0.15, 0.2) is 47.8 Å². The molecule has 0 amide bonds. The number of fused-ring (bicyclic) bond motifs is 1. The van der Waals surface area contributed by atoms with Gasteiger partial charge in [0.2, 0.25) is 10.0 Å². The van der Waals surface area contributed by atoms with Crippen LogP contribution in [0.1, 0.15) is 31.2 Å². The van der Waals surface area contributed by atoms with E-state index < -0.39 is 20.0 Å². The van der Waals surface area contributed by atoms with Crippen molar-refractivity contribution < 1.29 is 16.8 Å². The molecule has 11 heteroatoms. The Balaban J connectivity index is 1.36. The maximum absolute atomic E-state index is 13.2. The summed E-state index contributed by atoms with van der Waals surface area (Å²) in [4.78, 5) is 11.0. The van der Waals surface area contributed by atoms with Crippen molar-refractivity contribution in [1.29, 1.82) is 0 Å². The summed E-state index contributed by atoms with van der Waals surface area (Å²) in [6, 6.07) is 8.78. The first-order valence-corrected chi connectivity index (χ1v) is 14.2. The number of aryl methyl sites for hydroxylation is 1. The minimum Gasteiger partial charge on any atom is -0.356 e. The molecule has 5 rings (SSSR count). The second-order valence-electron chi connectivity index (χ2n) is 9.53. The van der Waals surface area contributed by atoms with Crippen LogP contribution >= 0.6 is 0 Å². The second kappa shape index (κ2) is 7.51. The van der Waals surface area contributed by atoms with E-state index in [1.54, 1.807) is 30.3 Å². The number of sulfonamides is 1. The van der Waals surface area contributed by atoms with E-state index in [4.69, 9.17) is 0 Å². The highest BCUT2D eigenvalue weighted by molar-refractivity contribution is 7.90. The van der Waals surface area contributed by atoms with Crippen LogP contribution < -0.4 is 9.62 Å². The topological polar surface area (TPSA) is 114 Å². The molecule has 2 heterocycles. The van der Waals surface area contributed by atoms with E-state index in [1.165, 1.54) is 22.8 Å². The summed E-state index contributed by atoms with van der Waals surface area (Å²) in [7, 11) is -4.98. The van der Waals surface area contributed by atoms with Gasteiger partial charge < -0.3 is 4.90 Å². The molecule has 0 radical (unpaired) electrons. The molecule has 1 aromatic carbocycles. The van der Waals surface area contributed by atoms with E-state index in [1.807, 2.05) is 14.0 Å². The van der Waals surface area contributed by atoms with Crippen molar-refractivity contribution in [2.45, 2.75) is 49.6 Å². The quantitative estimate of drug-likeness (QED) is 0.565. The lowest BCUT2D eigenvalue weighted by Gasteiger charge is -2.59. The van der Waals surface area contributed by atoms with Crippen LogP contribution in [0.5, 0.6) is 0 Å². The number of benzene rings is 1. The first-order chi connectivity index (χ1) is 15.5. The monoisotopic (exact) mass is 489 g/mol. The normalized spacial score (nSPS) is 25.1. The highest BCUT2D eigenvalue weighted by Crippen LogP contribution is 2.57. The summed E-state index contributed by atoms with van der Waals surface area (Å²) in [5, 5.41) is 0.682. The van der Waals surface area contributed by atoms with Crippen LogP contribution in [0.2, 0.25) is 0 Å². The van der Waals surface area contributed by atoms with Gasteiger partial charge in [0.1, 0.15) is 12.1 Å². The van der Waals surface area contributed by atoms with Crippen molar-refractivity contribution in [1.82, 2.24) is 18.7 Å². The molecule has 0 saturated heterocycles. The molecule has 0 atom stereocenters. The average molecular weight is 490 g/mol. The van der Waals surface area contributed by atoms with Gasteiger partial charge in [0.15, 0.2) is 5.65 Å². The van der Waals surface area contributed by atoms with Gasteiger partial charge in [0.05, 0.1) is 16.5 Å². The van der Waals surface area contributed by atoms with Gasteiger partial charge in [-0.1, -0.05) is 17.7 Å². The largest absolute Gasteiger partial charge is 0.356 e. The van der Waals surface area contributed by atoms with Crippen molar-refractivity contribution in [3.05, 3.63) is 48.4 Å². The van der Waals surface area contributed by atoms with Crippen molar-refractivity contribution in [2.75, 3.05) is 18.2 Å². The van der Waals surface area contributed by atoms with Crippen LogP contribution in [0.4, 0.5) is 5.82 Å². The van der Waals surface area contributed by atoms with Gasteiger partial charge in [-0.05, 0) is 56.2 Å². The molecular weight excluding hydrogens is 462 g/mol. The smallest absolute Gasteiger partial charge is 0.269 e. The number of hydrogen-bond acceptors (Lipinski definition) is 7. The lowest BCUT2D eigenvalue weighted by molar-refractivity contribution is -0.0120. The predicted molar refractivity (Wildman–Crippen MR) is 126 cm³/mol. The molecule has 0 bridgehead atoms. The number of nitrogens with zero attached hydrogens (tertiary/aromatic N) is 4. The summed E-state index contributed by atoms with van der Waals surface area (Å²) in [5.74, 6) is 0.697. The fourth-order valence-corrected chi connectivity index (χ4v) is 7.38. The predicted octanol–water partition coefficient (Wildman–Crippen LogP) is 2.27. The van der Waals surface area contributed by atoms with Crippen LogP contribution in [0.3, 0.4) is 0 Å².